The van der Waals surface area contributed by atoms with Crippen molar-refractivity contribution in [3.63, 3.8) is 0 Å². The molecule has 2 unspecified atom stereocenters. The van der Waals surface area contributed by atoms with Crippen LogP contribution >= 0.6 is 0 Å². The van der Waals surface area contributed by atoms with Crippen molar-refractivity contribution in [2.45, 2.75) is 37.4 Å². The number of hydrogen-bond donors (Lipinski definition) is 1. The number of anilines is 1. The van der Waals surface area contributed by atoms with E-state index in [1.54, 1.807) is 18.2 Å². The van der Waals surface area contributed by atoms with Gasteiger partial charge in [-0.25, -0.2) is 4.90 Å². The van der Waals surface area contributed by atoms with Gasteiger partial charge in [0.05, 0.1) is 62.8 Å². The van der Waals surface area contributed by atoms with Gasteiger partial charge in [-0.1, -0.05) is 24.3 Å². The smallest absolute Gasteiger partial charge is 0.271 e. The van der Waals surface area contributed by atoms with E-state index in [2.05, 4.69) is 16.3 Å². The fraction of sp³-hybridized carbons (Fsp3) is 0.310. The van der Waals surface area contributed by atoms with Gasteiger partial charge in [0.1, 0.15) is 0 Å². The summed E-state index contributed by atoms with van der Waals surface area (Å²) in [6.45, 7) is 2.08. The number of nitrogens with one attached hydrogen (secondary N) is 1. The molecule has 40 heavy (non-hydrogen) atoms. The van der Waals surface area contributed by atoms with Gasteiger partial charge >= 0.3 is 0 Å². The minimum atomic E-state index is -0.867. The second kappa shape index (κ2) is 8.34. The first kappa shape index (κ1) is 24.2. The summed E-state index contributed by atoms with van der Waals surface area (Å²) in [5.74, 6) is -1.55. The summed E-state index contributed by atoms with van der Waals surface area (Å²) >= 11 is 0. The van der Waals surface area contributed by atoms with Gasteiger partial charge in [-0.2, -0.15) is 5.26 Å². The van der Waals surface area contributed by atoms with Crippen molar-refractivity contribution in [2.24, 2.45) is 11.8 Å². The van der Waals surface area contributed by atoms with E-state index in [4.69, 9.17) is 9.47 Å². The first-order valence-corrected chi connectivity index (χ1v) is 13.0. The molecule has 4 heterocycles. The van der Waals surface area contributed by atoms with Crippen LogP contribution in [0, 0.1) is 33.3 Å². The molecule has 0 spiro atoms. The number of carbonyl (C=O) groups is 2. The minimum Gasteiger partial charge on any atom is -0.476 e. The van der Waals surface area contributed by atoms with Crippen LogP contribution in [0.5, 0.6) is 5.88 Å². The highest BCUT2D eigenvalue weighted by Crippen LogP contribution is 2.62. The molecule has 1 N–H and O–H groups in total. The van der Waals surface area contributed by atoms with E-state index in [0.717, 1.165) is 0 Å². The van der Waals surface area contributed by atoms with Crippen molar-refractivity contribution in [2.75, 3.05) is 11.5 Å². The molecule has 4 atom stereocenters. The summed E-state index contributed by atoms with van der Waals surface area (Å²) in [6, 6.07) is 17.1. The van der Waals surface area contributed by atoms with Crippen molar-refractivity contribution in [1.82, 2.24) is 10.2 Å². The number of aromatic nitrogens is 2. The summed E-state index contributed by atoms with van der Waals surface area (Å²) in [7, 11) is 0. The molecule has 0 radical (unpaired) electrons. The number of nitrogens with zero attached hydrogens (tertiary/aromatic N) is 4. The second-order valence-electron chi connectivity index (χ2n) is 10.9. The third-order valence-corrected chi connectivity index (χ3v) is 8.76. The van der Waals surface area contributed by atoms with E-state index in [1.165, 1.54) is 17.0 Å². The van der Waals surface area contributed by atoms with Crippen LogP contribution in [0.4, 0.5) is 11.4 Å². The highest BCUT2D eigenvalue weighted by Gasteiger charge is 2.73. The zero-order chi connectivity index (χ0) is 27.8. The third-order valence-electron chi connectivity index (χ3n) is 8.76. The van der Waals surface area contributed by atoms with Crippen molar-refractivity contribution in [1.29, 1.82) is 5.26 Å². The van der Waals surface area contributed by atoms with Crippen molar-refractivity contribution in [3.05, 3.63) is 70.3 Å². The van der Waals surface area contributed by atoms with Crippen molar-refractivity contribution >= 4 is 44.9 Å². The number of carbonyl (C=O) groups excluding carboxylic acids is 2. The Bertz CT molecular complexity index is 1810. The van der Waals surface area contributed by atoms with Crippen LogP contribution in [0.3, 0.4) is 0 Å². The molecule has 1 aromatic heterocycles. The van der Waals surface area contributed by atoms with Gasteiger partial charge in [-0.15, -0.1) is 5.10 Å². The Kier molecular flexibility index (Phi) is 5.05. The van der Waals surface area contributed by atoms with Crippen LogP contribution in [0.1, 0.15) is 31.7 Å². The molecule has 200 valence electrons. The predicted molar refractivity (Wildman–Crippen MR) is 142 cm³/mol. The summed E-state index contributed by atoms with van der Waals surface area (Å²) in [5.41, 5.74) is -0.259. The van der Waals surface area contributed by atoms with E-state index < -0.39 is 28.0 Å². The lowest BCUT2D eigenvalue weighted by Crippen LogP contribution is -2.43. The number of imide groups is 1. The number of aromatic amines is 1. The number of H-pyrrole nitrogens is 1. The normalized spacial score (nSPS) is 26.9. The maximum atomic E-state index is 14.0. The Balaban J connectivity index is 1.18. The number of nitro groups is 1. The van der Waals surface area contributed by atoms with Gasteiger partial charge in [0.2, 0.25) is 17.7 Å². The SMILES string of the molecule is CC12CCC(CCOc3n[nH]c4cc([N+](=O)[O-])ccc34)(O1)[C@@H]1C(=O)N(c3ccc(C#N)c4ccccc34)C(=O)[C@@H]12. The molecule has 4 aromatic rings. The van der Waals surface area contributed by atoms with Crippen LogP contribution in [0.2, 0.25) is 0 Å². The molecule has 0 aliphatic carbocycles. The van der Waals surface area contributed by atoms with Crippen LogP contribution in [0.15, 0.2) is 54.6 Å². The number of non-ortho nitro benzene ring substituents is 1. The zero-order valence-corrected chi connectivity index (χ0v) is 21.4. The highest BCUT2D eigenvalue weighted by atomic mass is 16.6. The first-order valence-electron chi connectivity index (χ1n) is 13.0. The molecule has 11 heteroatoms. The molecular formula is C29H23N5O6. The number of hydrogen-bond acceptors (Lipinski definition) is 8. The molecule has 3 fully saturated rings. The molecule has 7 rings (SSSR count). The van der Waals surface area contributed by atoms with Crippen molar-refractivity contribution in [3.8, 4) is 11.9 Å². The largest absolute Gasteiger partial charge is 0.476 e. The molecule has 3 aromatic carbocycles. The van der Waals surface area contributed by atoms with Crippen LogP contribution in [-0.2, 0) is 14.3 Å². The van der Waals surface area contributed by atoms with E-state index in [9.17, 15) is 25.0 Å². The Morgan fingerprint density at radius 3 is 2.67 bits per heavy atom. The number of nitro benzene ring substituents is 1. The van der Waals surface area contributed by atoms with E-state index in [-0.39, 0.29) is 24.1 Å². The number of amides is 2. The number of rotatable bonds is 6. The van der Waals surface area contributed by atoms with Gasteiger partial charge in [0.15, 0.2) is 0 Å². The van der Waals surface area contributed by atoms with Gasteiger partial charge in [-0.05, 0) is 38.0 Å². The van der Waals surface area contributed by atoms with E-state index in [1.807, 2.05) is 31.2 Å². The summed E-state index contributed by atoms with van der Waals surface area (Å²) < 4.78 is 12.5. The van der Waals surface area contributed by atoms with Gasteiger partial charge in [-0.3, -0.25) is 24.8 Å². The lowest BCUT2D eigenvalue weighted by Gasteiger charge is -2.31. The molecule has 3 aliphatic heterocycles. The topological polar surface area (TPSA) is 151 Å². The lowest BCUT2D eigenvalue weighted by molar-refractivity contribution is -0.384. The Morgan fingerprint density at radius 2 is 1.90 bits per heavy atom. The maximum Gasteiger partial charge on any atom is 0.271 e. The van der Waals surface area contributed by atoms with Gasteiger partial charge < -0.3 is 9.47 Å². The Morgan fingerprint density at radius 1 is 1.12 bits per heavy atom. The zero-order valence-electron chi connectivity index (χ0n) is 21.4. The Labute approximate surface area is 227 Å². The van der Waals surface area contributed by atoms with Crippen LogP contribution in [0.25, 0.3) is 21.7 Å². The van der Waals surface area contributed by atoms with Gasteiger partial charge in [0, 0.05) is 29.3 Å². The first-order chi connectivity index (χ1) is 19.3. The van der Waals surface area contributed by atoms with E-state index >= 15 is 0 Å². The summed E-state index contributed by atoms with van der Waals surface area (Å²) in [5, 5.41) is 29.5. The summed E-state index contributed by atoms with van der Waals surface area (Å²) in [6.07, 6.45) is 1.62. The molecule has 2 amide bonds. The fourth-order valence-electron chi connectivity index (χ4n) is 6.95. The average Bonchev–Trinajstić information content (AvgIpc) is 3.66. The average molecular weight is 538 g/mol. The molecule has 3 saturated heterocycles. The Hall–Kier alpha value is -4.82. The number of fused-ring (bicyclic) bond motifs is 7. The highest BCUT2D eigenvalue weighted by molar-refractivity contribution is 6.26. The summed E-state index contributed by atoms with van der Waals surface area (Å²) in [4.78, 5) is 39.8. The van der Waals surface area contributed by atoms with Gasteiger partial charge in [0.25, 0.3) is 5.69 Å². The van der Waals surface area contributed by atoms with Crippen LogP contribution < -0.4 is 9.64 Å². The molecular weight excluding hydrogens is 514 g/mol. The standard InChI is InChI=1S/C29H23N5O6/c1-28-10-11-29(40-28,12-13-39-25-20-8-7-17(34(37)38)14-21(20)31-32-25)24-23(28)26(35)33(27(24)36)22-9-6-16(15-30)18-4-2-3-5-19(18)22/h2-9,14,23-24H,10-13H2,1H3,(H,31,32)/t23-,24+,28?,29?/m1/s1. The molecule has 0 saturated carbocycles. The fourth-order valence-corrected chi connectivity index (χ4v) is 6.95. The predicted octanol–water partition coefficient (Wildman–Crippen LogP) is 4.39. The lowest BCUT2D eigenvalue weighted by atomic mass is 9.67. The molecule has 2 bridgehead atoms. The second-order valence-corrected chi connectivity index (χ2v) is 10.9. The monoisotopic (exact) mass is 537 g/mol. The number of nitriles is 1. The van der Waals surface area contributed by atoms with E-state index in [0.29, 0.717) is 58.1 Å². The molecule has 11 nitrogen and oxygen atoms in total. The maximum absolute atomic E-state index is 14.0. The molecule has 3 aliphatic rings. The van der Waals surface area contributed by atoms with Crippen LogP contribution in [-0.4, -0.2) is 44.7 Å². The van der Waals surface area contributed by atoms with Crippen molar-refractivity contribution < 1.29 is 24.0 Å². The number of benzene rings is 3. The number of ether oxygens (including phenoxy) is 2. The quantitative estimate of drug-likeness (QED) is 0.216. The third kappa shape index (κ3) is 3.23. The minimum absolute atomic E-state index is 0.0544.